The lowest BCUT2D eigenvalue weighted by Gasteiger charge is -2.37. The van der Waals surface area contributed by atoms with E-state index in [4.69, 9.17) is 4.74 Å². The fraction of sp³-hybridized carbons (Fsp3) is 0.478. The zero-order chi connectivity index (χ0) is 22.1. The monoisotopic (exact) mass is 445 g/mol. The van der Waals surface area contributed by atoms with Gasteiger partial charge in [0.1, 0.15) is 12.4 Å². The van der Waals surface area contributed by atoms with Crippen molar-refractivity contribution in [2.24, 2.45) is 5.92 Å². The highest BCUT2D eigenvalue weighted by Crippen LogP contribution is 2.38. The molecule has 0 bridgehead atoms. The van der Waals surface area contributed by atoms with Crippen LogP contribution in [0.1, 0.15) is 22.9 Å². The lowest BCUT2D eigenvalue weighted by molar-refractivity contribution is 0.0665. The minimum Gasteiger partial charge on any atom is -0.491 e. The van der Waals surface area contributed by atoms with Crippen molar-refractivity contribution in [3.05, 3.63) is 53.5 Å². The van der Waals surface area contributed by atoms with E-state index in [1.807, 2.05) is 24.3 Å². The van der Waals surface area contributed by atoms with Gasteiger partial charge < -0.3 is 4.74 Å². The number of halogens is 3. The molecule has 170 valence electrons. The van der Waals surface area contributed by atoms with E-state index in [0.717, 1.165) is 47.4 Å². The molecule has 1 N–H and O–H groups in total. The summed E-state index contributed by atoms with van der Waals surface area (Å²) in [5.41, 5.74) is 3.79. The number of hydrogen-bond donors (Lipinski definition) is 1. The zero-order valence-electron chi connectivity index (χ0n) is 17.7. The SMILES string of the molecule is FCC1CN(CCOc2ccc(C3c4ccc5[nH]ncc5c4CCN3CC(F)F)nc2)C1. The predicted molar refractivity (Wildman–Crippen MR) is 115 cm³/mol. The zero-order valence-corrected chi connectivity index (χ0v) is 17.7. The fourth-order valence-electron chi connectivity index (χ4n) is 4.82. The maximum atomic E-state index is 13.3. The Morgan fingerprint density at radius 3 is 2.78 bits per heavy atom. The molecule has 9 heteroatoms. The van der Waals surface area contributed by atoms with E-state index in [1.54, 1.807) is 17.3 Å². The topological polar surface area (TPSA) is 57.3 Å². The van der Waals surface area contributed by atoms with Crippen LogP contribution in [0.2, 0.25) is 0 Å². The standard InChI is InChI=1S/C23H26F3N5O/c24-9-15-12-30(13-15)7-8-32-16-1-3-21(27-10-16)23-18-2-4-20-19(11-28-29-20)17(18)5-6-31(23)14-22(25)26/h1-4,10-11,15,22-23H,5-9,12-14H2,(H,28,29). The number of fused-ring (bicyclic) bond motifs is 3. The van der Waals surface area contributed by atoms with E-state index in [-0.39, 0.29) is 25.2 Å². The Morgan fingerprint density at radius 1 is 1.16 bits per heavy atom. The van der Waals surface area contributed by atoms with E-state index in [9.17, 15) is 13.2 Å². The number of aromatic nitrogens is 3. The molecule has 3 aromatic rings. The Bertz CT molecular complexity index is 1050. The van der Waals surface area contributed by atoms with E-state index in [2.05, 4.69) is 20.1 Å². The highest BCUT2D eigenvalue weighted by atomic mass is 19.3. The number of aromatic amines is 1. The second-order valence-electron chi connectivity index (χ2n) is 8.55. The van der Waals surface area contributed by atoms with Crippen molar-refractivity contribution in [3.63, 3.8) is 0 Å². The fourth-order valence-corrected chi connectivity index (χ4v) is 4.82. The summed E-state index contributed by atoms with van der Waals surface area (Å²) in [6.07, 6.45) is 1.72. The van der Waals surface area contributed by atoms with Gasteiger partial charge in [-0.1, -0.05) is 6.07 Å². The summed E-state index contributed by atoms with van der Waals surface area (Å²) in [7, 11) is 0. The number of alkyl halides is 3. The first-order valence-corrected chi connectivity index (χ1v) is 11.0. The molecule has 32 heavy (non-hydrogen) atoms. The smallest absolute Gasteiger partial charge is 0.251 e. The number of nitrogens with zero attached hydrogens (tertiary/aromatic N) is 4. The Hall–Kier alpha value is -2.65. The Morgan fingerprint density at radius 2 is 2.03 bits per heavy atom. The Labute approximate surface area is 184 Å². The third-order valence-corrected chi connectivity index (χ3v) is 6.42. The van der Waals surface area contributed by atoms with Crippen LogP contribution in [-0.2, 0) is 6.42 Å². The molecule has 1 atom stereocenters. The predicted octanol–water partition coefficient (Wildman–Crippen LogP) is 3.45. The van der Waals surface area contributed by atoms with Crippen molar-refractivity contribution in [3.8, 4) is 5.75 Å². The molecular weight excluding hydrogens is 419 g/mol. The number of hydrogen-bond acceptors (Lipinski definition) is 5. The van der Waals surface area contributed by atoms with Crippen molar-refractivity contribution in [2.45, 2.75) is 18.9 Å². The van der Waals surface area contributed by atoms with Crippen LogP contribution in [0.5, 0.6) is 5.75 Å². The van der Waals surface area contributed by atoms with Gasteiger partial charge in [-0.25, -0.2) is 8.78 Å². The summed E-state index contributed by atoms with van der Waals surface area (Å²) in [5, 5.41) is 8.14. The molecule has 2 aliphatic rings. The Kier molecular flexibility index (Phi) is 6.01. The van der Waals surface area contributed by atoms with Crippen LogP contribution in [0.3, 0.4) is 0 Å². The van der Waals surface area contributed by atoms with Crippen LogP contribution in [0.4, 0.5) is 13.2 Å². The number of H-pyrrole nitrogens is 1. The van der Waals surface area contributed by atoms with E-state index < -0.39 is 6.43 Å². The van der Waals surface area contributed by atoms with Gasteiger partial charge >= 0.3 is 0 Å². The van der Waals surface area contributed by atoms with Gasteiger partial charge in [-0.3, -0.25) is 24.3 Å². The van der Waals surface area contributed by atoms with Crippen LogP contribution >= 0.6 is 0 Å². The van der Waals surface area contributed by atoms with E-state index in [0.29, 0.717) is 25.3 Å². The van der Waals surface area contributed by atoms with Gasteiger partial charge in [-0.05, 0) is 35.7 Å². The highest BCUT2D eigenvalue weighted by Gasteiger charge is 2.32. The lowest BCUT2D eigenvalue weighted by atomic mass is 9.88. The number of ether oxygens (including phenoxy) is 1. The van der Waals surface area contributed by atoms with Crippen LogP contribution in [0.15, 0.2) is 36.7 Å². The van der Waals surface area contributed by atoms with Gasteiger partial charge in [0.15, 0.2) is 0 Å². The molecule has 1 unspecified atom stereocenters. The van der Waals surface area contributed by atoms with Crippen molar-refractivity contribution in [2.75, 3.05) is 46.0 Å². The van der Waals surface area contributed by atoms with E-state index >= 15 is 0 Å². The first kappa shape index (κ1) is 21.2. The summed E-state index contributed by atoms with van der Waals surface area (Å²) in [6, 6.07) is 7.28. The first-order chi connectivity index (χ1) is 15.6. The van der Waals surface area contributed by atoms with Crippen LogP contribution in [-0.4, -0.2) is 77.4 Å². The average Bonchev–Trinajstić information content (AvgIpc) is 3.24. The van der Waals surface area contributed by atoms with Crippen molar-refractivity contribution >= 4 is 10.9 Å². The number of pyridine rings is 1. The maximum absolute atomic E-state index is 13.3. The lowest BCUT2D eigenvalue weighted by Crippen LogP contribution is -2.49. The molecule has 1 saturated heterocycles. The number of benzene rings is 1. The molecule has 0 spiro atoms. The molecule has 0 radical (unpaired) electrons. The quantitative estimate of drug-likeness (QED) is 0.576. The maximum Gasteiger partial charge on any atom is 0.251 e. The summed E-state index contributed by atoms with van der Waals surface area (Å²) in [4.78, 5) is 8.54. The molecular formula is C23H26F3N5O. The third-order valence-electron chi connectivity index (χ3n) is 6.42. The first-order valence-electron chi connectivity index (χ1n) is 11.0. The summed E-state index contributed by atoms with van der Waals surface area (Å²) >= 11 is 0. The average molecular weight is 445 g/mol. The van der Waals surface area contributed by atoms with Gasteiger partial charge in [0.05, 0.1) is 42.9 Å². The van der Waals surface area contributed by atoms with Gasteiger partial charge in [-0.15, -0.1) is 0 Å². The minimum absolute atomic E-state index is 0.161. The van der Waals surface area contributed by atoms with Crippen molar-refractivity contribution < 1.29 is 17.9 Å². The van der Waals surface area contributed by atoms with Crippen molar-refractivity contribution in [1.29, 1.82) is 0 Å². The van der Waals surface area contributed by atoms with Gasteiger partial charge in [0.2, 0.25) is 0 Å². The van der Waals surface area contributed by atoms with Crippen LogP contribution < -0.4 is 4.74 Å². The molecule has 4 heterocycles. The number of rotatable bonds is 8. The van der Waals surface area contributed by atoms with Crippen LogP contribution in [0, 0.1) is 5.92 Å². The minimum atomic E-state index is -2.42. The molecule has 0 amide bonds. The second-order valence-corrected chi connectivity index (χ2v) is 8.55. The molecule has 0 aliphatic carbocycles. The largest absolute Gasteiger partial charge is 0.491 e. The summed E-state index contributed by atoms with van der Waals surface area (Å²) < 4.78 is 44.9. The van der Waals surface area contributed by atoms with Gasteiger partial charge in [-0.2, -0.15) is 5.10 Å². The second kappa shape index (κ2) is 9.07. The molecule has 1 aromatic carbocycles. The van der Waals surface area contributed by atoms with Crippen LogP contribution in [0.25, 0.3) is 10.9 Å². The molecule has 1 fully saturated rings. The third kappa shape index (κ3) is 4.19. The summed E-state index contributed by atoms with van der Waals surface area (Å²) in [5.74, 6) is 0.798. The molecule has 0 saturated carbocycles. The highest BCUT2D eigenvalue weighted by molar-refractivity contribution is 5.83. The number of nitrogens with one attached hydrogen (secondary N) is 1. The van der Waals surface area contributed by atoms with E-state index in [1.165, 1.54) is 0 Å². The Balaban J connectivity index is 1.33. The normalized spacial score (nSPS) is 19.9. The van der Waals surface area contributed by atoms with Gasteiger partial charge in [0.25, 0.3) is 6.43 Å². The van der Waals surface area contributed by atoms with Crippen molar-refractivity contribution in [1.82, 2.24) is 25.0 Å². The van der Waals surface area contributed by atoms with Gasteiger partial charge in [0, 0.05) is 37.5 Å². The molecule has 2 aromatic heterocycles. The molecule has 2 aliphatic heterocycles. The molecule has 6 nitrogen and oxygen atoms in total. The summed E-state index contributed by atoms with van der Waals surface area (Å²) in [6.45, 7) is 2.77. The number of likely N-dealkylation sites (tertiary alicyclic amines) is 1. The molecule has 5 rings (SSSR count).